The number of fused-ring (bicyclic) bond motifs is 2. The van der Waals surface area contributed by atoms with Gasteiger partial charge in [-0.25, -0.2) is 9.97 Å². The molecular weight excluding hydrogens is 454 g/mol. The average Bonchev–Trinajstić information content (AvgIpc) is 3.37. The van der Waals surface area contributed by atoms with Crippen molar-refractivity contribution in [2.24, 2.45) is 0 Å². The fourth-order valence-corrected chi connectivity index (χ4v) is 4.70. The van der Waals surface area contributed by atoms with Crippen molar-refractivity contribution in [2.75, 3.05) is 37.7 Å². The largest absolute Gasteiger partial charge is 0.494 e. The van der Waals surface area contributed by atoms with Crippen LogP contribution in [0, 0.1) is 0 Å². The second kappa shape index (κ2) is 9.26. The van der Waals surface area contributed by atoms with Gasteiger partial charge in [0.25, 0.3) is 5.91 Å². The van der Waals surface area contributed by atoms with Gasteiger partial charge in [0.1, 0.15) is 12.1 Å². The normalized spacial score (nSPS) is 13.9. The number of anilines is 1. The summed E-state index contributed by atoms with van der Waals surface area (Å²) in [5.41, 5.74) is 2.86. The maximum absolute atomic E-state index is 13.3. The molecule has 36 heavy (non-hydrogen) atoms. The lowest BCUT2D eigenvalue weighted by Crippen LogP contribution is -2.49. The van der Waals surface area contributed by atoms with Crippen molar-refractivity contribution >= 4 is 33.7 Å². The molecule has 1 amide bonds. The summed E-state index contributed by atoms with van der Waals surface area (Å²) in [4.78, 5) is 26.4. The van der Waals surface area contributed by atoms with E-state index in [4.69, 9.17) is 4.74 Å². The van der Waals surface area contributed by atoms with Gasteiger partial charge in [-0.1, -0.05) is 41.6 Å². The summed E-state index contributed by atoms with van der Waals surface area (Å²) in [7, 11) is 0. The van der Waals surface area contributed by atoms with Crippen LogP contribution < -0.4 is 9.64 Å². The molecule has 0 radical (unpaired) electrons. The minimum Gasteiger partial charge on any atom is -0.494 e. The number of rotatable bonds is 5. The molecule has 9 heteroatoms. The van der Waals surface area contributed by atoms with E-state index in [2.05, 4.69) is 25.2 Å². The molecule has 1 fully saturated rings. The Labute approximate surface area is 207 Å². The summed E-state index contributed by atoms with van der Waals surface area (Å²) in [6.45, 7) is 5.07. The SMILES string of the molecule is CCOc1ccc(-n2nnc3c(N4CCN(C(=O)c5cccc6ccccc56)CC4)ncnc32)cc1. The molecule has 5 aromatic rings. The van der Waals surface area contributed by atoms with Crippen LogP contribution >= 0.6 is 0 Å². The Morgan fingerprint density at radius 3 is 2.50 bits per heavy atom. The van der Waals surface area contributed by atoms with E-state index in [1.165, 1.54) is 0 Å². The van der Waals surface area contributed by atoms with Crippen LogP contribution in [0.3, 0.4) is 0 Å². The highest BCUT2D eigenvalue weighted by Gasteiger charge is 2.26. The molecule has 9 nitrogen and oxygen atoms in total. The topological polar surface area (TPSA) is 89.3 Å². The van der Waals surface area contributed by atoms with Crippen molar-refractivity contribution in [3.63, 3.8) is 0 Å². The van der Waals surface area contributed by atoms with Gasteiger partial charge in [-0.2, -0.15) is 4.68 Å². The standard InChI is InChI=1S/C27H25N7O2/c1-2-36-21-12-10-20(11-13-21)34-26-24(30-31-34)25(28-18-29-26)32-14-16-33(17-15-32)27(35)23-9-5-7-19-6-3-4-8-22(19)23/h3-13,18H,2,14-17H2,1H3. The van der Waals surface area contributed by atoms with Gasteiger partial charge in [0, 0.05) is 31.7 Å². The molecule has 3 heterocycles. The third kappa shape index (κ3) is 3.88. The fourth-order valence-electron chi connectivity index (χ4n) is 4.70. The van der Waals surface area contributed by atoms with E-state index in [1.54, 1.807) is 11.0 Å². The van der Waals surface area contributed by atoms with Crippen LogP contribution in [0.15, 0.2) is 73.1 Å². The first-order valence-electron chi connectivity index (χ1n) is 12.0. The van der Waals surface area contributed by atoms with Gasteiger partial charge in [-0.05, 0) is 48.0 Å². The van der Waals surface area contributed by atoms with Crippen molar-refractivity contribution in [1.29, 1.82) is 0 Å². The first kappa shape index (κ1) is 22.0. The second-order valence-corrected chi connectivity index (χ2v) is 8.60. The number of piperazine rings is 1. The van der Waals surface area contributed by atoms with Gasteiger partial charge in [0.15, 0.2) is 17.0 Å². The van der Waals surface area contributed by atoms with Crippen molar-refractivity contribution in [3.8, 4) is 11.4 Å². The lowest BCUT2D eigenvalue weighted by atomic mass is 10.0. The first-order chi connectivity index (χ1) is 17.7. The zero-order chi connectivity index (χ0) is 24.5. The minimum atomic E-state index is 0.0562. The van der Waals surface area contributed by atoms with Gasteiger partial charge in [-0.15, -0.1) is 5.10 Å². The fraction of sp³-hybridized carbons (Fsp3) is 0.222. The molecular formula is C27H25N7O2. The highest BCUT2D eigenvalue weighted by Crippen LogP contribution is 2.26. The average molecular weight is 480 g/mol. The van der Waals surface area contributed by atoms with E-state index in [-0.39, 0.29) is 5.91 Å². The van der Waals surface area contributed by atoms with Gasteiger partial charge >= 0.3 is 0 Å². The molecule has 0 spiro atoms. The molecule has 6 rings (SSSR count). The number of amides is 1. The van der Waals surface area contributed by atoms with E-state index in [1.807, 2.05) is 78.6 Å². The Kier molecular flexibility index (Phi) is 5.65. The van der Waals surface area contributed by atoms with E-state index in [0.717, 1.165) is 33.6 Å². The lowest BCUT2D eigenvalue weighted by Gasteiger charge is -2.35. The number of hydrogen-bond acceptors (Lipinski definition) is 7. The van der Waals surface area contributed by atoms with Crippen LogP contribution in [0.4, 0.5) is 5.82 Å². The number of ether oxygens (including phenoxy) is 1. The third-order valence-corrected chi connectivity index (χ3v) is 6.50. The zero-order valence-electron chi connectivity index (χ0n) is 19.9. The smallest absolute Gasteiger partial charge is 0.254 e. The van der Waals surface area contributed by atoms with E-state index < -0.39 is 0 Å². The zero-order valence-corrected chi connectivity index (χ0v) is 19.9. The van der Waals surface area contributed by atoms with Crippen LogP contribution in [-0.2, 0) is 0 Å². The number of carbonyl (C=O) groups excluding carboxylic acids is 1. The number of carbonyl (C=O) groups is 1. The van der Waals surface area contributed by atoms with Crippen LogP contribution in [0.2, 0.25) is 0 Å². The number of hydrogen-bond donors (Lipinski definition) is 0. The molecule has 1 aliphatic heterocycles. The summed E-state index contributed by atoms with van der Waals surface area (Å²) in [6, 6.07) is 21.5. The summed E-state index contributed by atoms with van der Waals surface area (Å²) >= 11 is 0. The molecule has 0 bridgehead atoms. The predicted molar refractivity (Wildman–Crippen MR) is 138 cm³/mol. The maximum atomic E-state index is 13.3. The molecule has 0 atom stereocenters. The Balaban J connectivity index is 1.22. The summed E-state index contributed by atoms with van der Waals surface area (Å²) < 4.78 is 7.24. The van der Waals surface area contributed by atoms with E-state index in [0.29, 0.717) is 43.9 Å². The Bertz CT molecular complexity index is 1530. The van der Waals surface area contributed by atoms with Crippen LogP contribution in [0.1, 0.15) is 17.3 Å². The van der Waals surface area contributed by atoms with Gasteiger partial charge in [0.05, 0.1) is 12.3 Å². The van der Waals surface area contributed by atoms with Crippen molar-refractivity contribution in [3.05, 3.63) is 78.6 Å². The van der Waals surface area contributed by atoms with Gasteiger partial charge in [0.2, 0.25) is 0 Å². The Hall–Kier alpha value is -4.53. The molecule has 1 saturated heterocycles. The molecule has 3 aromatic carbocycles. The highest BCUT2D eigenvalue weighted by molar-refractivity contribution is 6.07. The van der Waals surface area contributed by atoms with Crippen LogP contribution in [0.25, 0.3) is 27.6 Å². The monoisotopic (exact) mass is 479 g/mol. The number of aromatic nitrogens is 5. The molecule has 0 saturated carbocycles. The van der Waals surface area contributed by atoms with E-state index in [9.17, 15) is 4.79 Å². The molecule has 180 valence electrons. The van der Waals surface area contributed by atoms with Crippen molar-refractivity contribution in [1.82, 2.24) is 29.9 Å². The van der Waals surface area contributed by atoms with Crippen molar-refractivity contribution in [2.45, 2.75) is 6.92 Å². The lowest BCUT2D eigenvalue weighted by molar-refractivity contribution is 0.0748. The number of nitrogens with zero attached hydrogens (tertiary/aromatic N) is 7. The molecule has 0 N–H and O–H groups in total. The predicted octanol–water partition coefficient (Wildman–Crippen LogP) is 3.72. The third-order valence-electron chi connectivity index (χ3n) is 6.50. The van der Waals surface area contributed by atoms with Crippen LogP contribution in [-0.4, -0.2) is 68.6 Å². The van der Waals surface area contributed by atoms with Gasteiger partial charge < -0.3 is 14.5 Å². The highest BCUT2D eigenvalue weighted by atomic mass is 16.5. The summed E-state index contributed by atoms with van der Waals surface area (Å²) in [6.07, 6.45) is 1.54. The van der Waals surface area contributed by atoms with Crippen LogP contribution in [0.5, 0.6) is 5.75 Å². The molecule has 2 aromatic heterocycles. The molecule has 0 unspecified atom stereocenters. The van der Waals surface area contributed by atoms with E-state index >= 15 is 0 Å². The molecule has 1 aliphatic rings. The summed E-state index contributed by atoms with van der Waals surface area (Å²) in [5.74, 6) is 1.59. The Morgan fingerprint density at radius 2 is 1.69 bits per heavy atom. The van der Waals surface area contributed by atoms with Gasteiger partial charge in [-0.3, -0.25) is 4.79 Å². The summed E-state index contributed by atoms with van der Waals surface area (Å²) in [5, 5.41) is 10.8. The molecule has 0 aliphatic carbocycles. The number of benzene rings is 3. The maximum Gasteiger partial charge on any atom is 0.254 e. The minimum absolute atomic E-state index is 0.0562. The first-order valence-corrected chi connectivity index (χ1v) is 12.0. The second-order valence-electron chi connectivity index (χ2n) is 8.60. The quantitative estimate of drug-likeness (QED) is 0.380. The van der Waals surface area contributed by atoms with Crippen molar-refractivity contribution < 1.29 is 9.53 Å². The Morgan fingerprint density at radius 1 is 0.917 bits per heavy atom.